The molecule has 0 amide bonds. The molecule has 0 aliphatic heterocycles. The number of rotatable bonds is 3. The van der Waals surface area contributed by atoms with Gasteiger partial charge in [-0.1, -0.05) is 6.07 Å². The smallest absolute Gasteiger partial charge is 0.263 e. The fourth-order valence-corrected chi connectivity index (χ4v) is 3.53. The SMILES string of the molecule is Cc1cc(C)cc(NS(=O)(=O)c2cc(C)c(C)cc2N)c1. The summed E-state index contributed by atoms with van der Waals surface area (Å²) in [6, 6.07) is 8.87. The van der Waals surface area contributed by atoms with E-state index in [0.717, 1.165) is 22.3 Å². The quantitative estimate of drug-likeness (QED) is 0.855. The molecule has 2 aromatic carbocycles. The van der Waals surface area contributed by atoms with Crippen molar-refractivity contribution in [2.45, 2.75) is 32.6 Å². The standard InChI is InChI=1S/C16H20N2O2S/c1-10-5-11(2)7-14(6-10)18-21(19,20)16-9-13(4)12(3)8-15(16)17/h5-9,18H,17H2,1-4H3. The molecule has 0 saturated carbocycles. The maximum atomic E-state index is 12.5. The molecule has 2 rings (SSSR count). The van der Waals surface area contributed by atoms with Crippen LogP contribution in [0, 0.1) is 27.7 Å². The van der Waals surface area contributed by atoms with E-state index in [1.54, 1.807) is 24.3 Å². The number of anilines is 2. The molecule has 0 bridgehead atoms. The van der Waals surface area contributed by atoms with Gasteiger partial charge in [-0.15, -0.1) is 0 Å². The summed E-state index contributed by atoms with van der Waals surface area (Å²) in [5.41, 5.74) is 10.5. The highest BCUT2D eigenvalue weighted by atomic mass is 32.2. The van der Waals surface area contributed by atoms with Gasteiger partial charge in [-0.05, 0) is 74.2 Å². The van der Waals surface area contributed by atoms with E-state index >= 15 is 0 Å². The number of hydrogen-bond donors (Lipinski definition) is 2. The number of benzene rings is 2. The molecular formula is C16H20N2O2S. The predicted molar refractivity (Wildman–Crippen MR) is 87.1 cm³/mol. The minimum absolute atomic E-state index is 0.116. The van der Waals surface area contributed by atoms with Gasteiger partial charge in [0.15, 0.2) is 0 Å². The molecule has 0 aliphatic rings. The second kappa shape index (κ2) is 5.41. The summed E-state index contributed by atoms with van der Waals surface area (Å²) in [4.78, 5) is 0.116. The average Bonchev–Trinajstić information content (AvgIpc) is 2.31. The highest BCUT2D eigenvalue weighted by Gasteiger charge is 2.18. The van der Waals surface area contributed by atoms with Crippen molar-refractivity contribution < 1.29 is 8.42 Å². The Bertz CT molecular complexity index is 776. The van der Waals surface area contributed by atoms with Crippen molar-refractivity contribution in [3.63, 3.8) is 0 Å². The van der Waals surface area contributed by atoms with Crippen LogP contribution in [-0.4, -0.2) is 8.42 Å². The highest BCUT2D eigenvalue weighted by Crippen LogP contribution is 2.25. The molecule has 0 unspecified atom stereocenters. The fourth-order valence-electron chi connectivity index (χ4n) is 2.29. The van der Waals surface area contributed by atoms with Crippen molar-refractivity contribution in [2.24, 2.45) is 0 Å². The van der Waals surface area contributed by atoms with Gasteiger partial charge in [0.25, 0.3) is 10.0 Å². The number of aryl methyl sites for hydroxylation is 4. The first-order valence-corrected chi connectivity index (χ1v) is 8.15. The number of nitrogen functional groups attached to an aromatic ring is 1. The number of nitrogens with one attached hydrogen (secondary N) is 1. The van der Waals surface area contributed by atoms with E-state index in [2.05, 4.69) is 4.72 Å². The Kier molecular flexibility index (Phi) is 3.96. The molecule has 0 aliphatic carbocycles. The monoisotopic (exact) mass is 304 g/mol. The Balaban J connectivity index is 2.45. The van der Waals surface area contributed by atoms with Crippen LogP contribution in [0.3, 0.4) is 0 Å². The van der Waals surface area contributed by atoms with Crippen LogP contribution in [-0.2, 0) is 10.0 Å². The third-order valence-corrected chi connectivity index (χ3v) is 4.83. The first kappa shape index (κ1) is 15.4. The van der Waals surface area contributed by atoms with Gasteiger partial charge >= 0.3 is 0 Å². The molecule has 0 spiro atoms. The molecule has 0 atom stereocenters. The lowest BCUT2D eigenvalue weighted by molar-refractivity contribution is 0.601. The lowest BCUT2D eigenvalue weighted by Gasteiger charge is -2.13. The summed E-state index contributed by atoms with van der Waals surface area (Å²) in [5, 5.41) is 0. The predicted octanol–water partition coefficient (Wildman–Crippen LogP) is 3.30. The molecule has 5 heteroatoms. The van der Waals surface area contributed by atoms with Gasteiger partial charge in [-0.2, -0.15) is 0 Å². The van der Waals surface area contributed by atoms with Crippen LogP contribution in [0.4, 0.5) is 11.4 Å². The summed E-state index contributed by atoms with van der Waals surface area (Å²) in [7, 11) is -3.69. The molecule has 0 radical (unpaired) electrons. The van der Waals surface area contributed by atoms with Crippen LogP contribution < -0.4 is 10.5 Å². The van der Waals surface area contributed by atoms with Crippen LogP contribution in [0.1, 0.15) is 22.3 Å². The first-order chi connectivity index (χ1) is 9.69. The van der Waals surface area contributed by atoms with E-state index in [4.69, 9.17) is 5.73 Å². The third kappa shape index (κ3) is 3.36. The van der Waals surface area contributed by atoms with Crippen LogP contribution in [0.15, 0.2) is 35.2 Å². The van der Waals surface area contributed by atoms with E-state index in [1.807, 2.05) is 33.8 Å². The Labute approximate surface area is 126 Å². The maximum absolute atomic E-state index is 12.5. The molecule has 4 nitrogen and oxygen atoms in total. The second-order valence-corrected chi connectivity index (χ2v) is 7.11. The zero-order valence-corrected chi connectivity index (χ0v) is 13.5. The molecular weight excluding hydrogens is 284 g/mol. The van der Waals surface area contributed by atoms with Gasteiger partial charge in [0.2, 0.25) is 0 Å². The summed E-state index contributed by atoms with van der Waals surface area (Å²) < 4.78 is 27.6. The first-order valence-electron chi connectivity index (χ1n) is 6.67. The highest BCUT2D eigenvalue weighted by molar-refractivity contribution is 7.92. The molecule has 0 fully saturated rings. The van der Waals surface area contributed by atoms with Gasteiger partial charge in [0.05, 0.1) is 5.69 Å². The van der Waals surface area contributed by atoms with Gasteiger partial charge in [-0.25, -0.2) is 8.42 Å². The molecule has 0 saturated heterocycles. The zero-order valence-electron chi connectivity index (χ0n) is 12.7. The summed E-state index contributed by atoms with van der Waals surface area (Å²) in [5.74, 6) is 0. The van der Waals surface area contributed by atoms with Crippen molar-refractivity contribution in [1.29, 1.82) is 0 Å². The molecule has 3 N–H and O–H groups in total. The molecule has 0 aromatic heterocycles. The Morgan fingerprint density at radius 1 is 0.857 bits per heavy atom. The van der Waals surface area contributed by atoms with E-state index in [0.29, 0.717) is 5.69 Å². The topological polar surface area (TPSA) is 72.2 Å². The van der Waals surface area contributed by atoms with Crippen molar-refractivity contribution in [1.82, 2.24) is 0 Å². The van der Waals surface area contributed by atoms with Crippen LogP contribution in [0.25, 0.3) is 0 Å². The van der Waals surface area contributed by atoms with Crippen molar-refractivity contribution in [3.8, 4) is 0 Å². The Morgan fingerprint density at radius 3 is 1.95 bits per heavy atom. The van der Waals surface area contributed by atoms with Gasteiger partial charge in [0.1, 0.15) is 4.90 Å². The van der Waals surface area contributed by atoms with Crippen molar-refractivity contribution >= 4 is 21.4 Å². The van der Waals surface area contributed by atoms with Gasteiger partial charge in [0, 0.05) is 5.69 Å². The fraction of sp³-hybridized carbons (Fsp3) is 0.250. The lowest BCUT2D eigenvalue weighted by atomic mass is 10.1. The summed E-state index contributed by atoms with van der Waals surface area (Å²) in [6.45, 7) is 7.62. The molecule has 21 heavy (non-hydrogen) atoms. The summed E-state index contributed by atoms with van der Waals surface area (Å²) >= 11 is 0. The van der Waals surface area contributed by atoms with Crippen LogP contribution in [0.5, 0.6) is 0 Å². The van der Waals surface area contributed by atoms with Crippen LogP contribution >= 0.6 is 0 Å². The van der Waals surface area contributed by atoms with E-state index in [-0.39, 0.29) is 10.6 Å². The number of sulfonamides is 1. The summed E-state index contributed by atoms with van der Waals surface area (Å²) in [6.07, 6.45) is 0. The van der Waals surface area contributed by atoms with E-state index < -0.39 is 10.0 Å². The molecule has 2 aromatic rings. The van der Waals surface area contributed by atoms with Crippen LogP contribution in [0.2, 0.25) is 0 Å². The van der Waals surface area contributed by atoms with Gasteiger partial charge < -0.3 is 5.73 Å². The Morgan fingerprint density at radius 2 is 1.38 bits per heavy atom. The average molecular weight is 304 g/mol. The van der Waals surface area contributed by atoms with E-state index in [9.17, 15) is 8.42 Å². The van der Waals surface area contributed by atoms with Crippen molar-refractivity contribution in [3.05, 3.63) is 52.6 Å². The normalized spacial score (nSPS) is 11.4. The van der Waals surface area contributed by atoms with E-state index in [1.165, 1.54) is 0 Å². The third-order valence-electron chi connectivity index (χ3n) is 3.39. The largest absolute Gasteiger partial charge is 0.398 e. The number of nitrogens with two attached hydrogens (primary N) is 1. The minimum Gasteiger partial charge on any atom is -0.398 e. The minimum atomic E-state index is -3.69. The van der Waals surface area contributed by atoms with Crippen molar-refractivity contribution in [2.75, 3.05) is 10.5 Å². The zero-order chi connectivity index (χ0) is 15.8. The number of hydrogen-bond acceptors (Lipinski definition) is 3. The van der Waals surface area contributed by atoms with Gasteiger partial charge in [-0.3, -0.25) is 4.72 Å². The Hall–Kier alpha value is -2.01. The molecule has 0 heterocycles. The maximum Gasteiger partial charge on any atom is 0.263 e. The molecule has 112 valence electrons. The lowest BCUT2D eigenvalue weighted by Crippen LogP contribution is -2.15. The second-order valence-electron chi connectivity index (χ2n) is 5.46.